The second kappa shape index (κ2) is 13.2. The fourth-order valence-corrected chi connectivity index (χ4v) is 12.8. The first kappa shape index (κ1) is 34.3. The van der Waals surface area contributed by atoms with Crippen molar-refractivity contribution in [3.63, 3.8) is 0 Å². The van der Waals surface area contributed by atoms with Gasteiger partial charge in [0, 0.05) is 11.8 Å². The lowest BCUT2D eigenvalue weighted by Gasteiger charge is -2.60. The highest BCUT2D eigenvalue weighted by Gasteiger charge is 2.60. The molecule has 7 aliphatic rings. The summed E-state index contributed by atoms with van der Waals surface area (Å²) < 4.78 is 26.9. The number of hydrogen-bond acceptors (Lipinski definition) is 6. The second-order valence-corrected chi connectivity index (χ2v) is 18.8. The predicted molar refractivity (Wildman–Crippen MR) is 182 cm³/mol. The monoisotopic (exact) mass is 654 g/mol. The van der Waals surface area contributed by atoms with Gasteiger partial charge < -0.3 is 18.9 Å². The third kappa shape index (κ3) is 6.36. The van der Waals surface area contributed by atoms with E-state index in [-0.39, 0.29) is 36.0 Å². The zero-order chi connectivity index (χ0) is 32.9. The number of hydrogen-bond donors (Lipinski definition) is 0. The summed E-state index contributed by atoms with van der Waals surface area (Å²) in [5.74, 6) is 2.63. The van der Waals surface area contributed by atoms with Crippen molar-refractivity contribution in [3.8, 4) is 0 Å². The number of fused-ring (bicyclic) bond motifs is 7. The fourth-order valence-electron chi connectivity index (χ4n) is 12.8. The fraction of sp³-hybridized carbons (Fsp3) is 0.951. The molecule has 0 amide bonds. The summed E-state index contributed by atoms with van der Waals surface area (Å²) in [6.45, 7) is 10.5. The smallest absolute Gasteiger partial charge is 0.312 e. The van der Waals surface area contributed by atoms with E-state index in [1.165, 1.54) is 38.5 Å². The summed E-state index contributed by atoms with van der Waals surface area (Å²) in [7, 11) is 0. The second-order valence-electron chi connectivity index (χ2n) is 18.8. The Bertz CT molecular complexity index is 1080. The number of ether oxygens (including phenoxy) is 4. The van der Waals surface area contributed by atoms with E-state index in [2.05, 4.69) is 27.7 Å². The van der Waals surface area contributed by atoms with E-state index in [9.17, 15) is 9.59 Å². The molecule has 0 N–H and O–H groups in total. The van der Waals surface area contributed by atoms with Crippen molar-refractivity contribution in [2.24, 2.45) is 57.2 Å². The van der Waals surface area contributed by atoms with E-state index in [0.717, 1.165) is 89.9 Å². The minimum absolute atomic E-state index is 0.0229. The summed E-state index contributed by atoms with van der Waals surface area (Å²) in [4.78, 5) is 28.3. The van der Waals surface area contributed by atoms with Crippen LogP contribution in [0.25, 0.3) is 0 Å². The first-order chi connectivity index (χ1) is 22.6. The Morgan fingerprint density at radius 2 is 1.19 bits per heavy atom. The minimum Gasteiger partial charge on any atom is -0.464 e. The lowest BCUT2D eigenvalue weighted by molar-refractivity contribution is -0.375. The van der Waals surface area contributed by atoms with Crippen LogP contribution in [0.3, 0.4) is 0 Å². The van der Waals surface area contributed by atoms with Crippen LogP contribution in [0.4, 0.5) is 0 Å². The summed E-state index contributed by atoms with van der Waals surface area (Å²) in [5.41, 5.74) is -1.01. The molecule has 47 heavy (non-hydrogen) atoms. The normalized spacial score (nSPS) is 47.7. The molecule has 266 valence electrons. The van der Waals surface area contributed by atoms with Gasteiger partial charge in [-0.2, -0.15) is 0 Å². The molecule has 1 aliphatic heterocycles. The van der Waals surface area contributed by atoms with Crippen LogP contribution in [0, 0.1) is 57.2 Å². The summed E-state index contributed by atoms with van der Waals surface area (Å²) >= 11 is 0. The zero-order valence-electron chi connectivity index (χ0n) is 30.4. The van der Waals surface area contributed by atoms with Crippen LogP contribution in [-0.2, 0) is 28.5 Å². The molecule has 7 fully saturated rings. The van der Waals surface area contributed by atoms with Crippen molar-refractivity contribution >= 4 is 11.9 Å². The van der Waals surface area contributed by atoms with Gasteiger partial charge >= 0.3 is 11.9 Å². The highest BCUT2D eigenvalue weighted by Crippen LogP contribution is 2.59. The van der Waals surface area contributed by atoms with Gasteiger partial charge in [0.2, 0.25) is 0 Å². The van der Waals surface area contributed by atoms with Crippen LogP contribution < -0.4 is 0 Å². The van der Waals surface area contributed by atoms with Crippen LogP contribution in [0.5, 0.6) is 0 Å². The quantitative estimate of drug-likeness (QED) is 0.231. The molecule has 9 unspecified atom stereocenters. The Kier molecular flexibility index (Phi) is 9.64. The minimum atomic E-state index is -0.683. The third-order valence-electron chi connectivity index (χ3n) is 15.3. The average molecular weight is 655 g/mol. The van der Waals surface area contributed by atoms with Crippen LogP contribution >= 0.6 is 0 Å². The van der Waals surface area contributed by atoms with E-state index in [4.69, 9.17) is 18.9 Å². The van der Waals surface area contributed by atoms with Gasteiger partial charge in [0.05, 0.1) is 29.5 Å². The number of rotatable bonds is 9. The zero-order valence-corrected chi connectivity index (χ0v) is 30.4. The summed E-state index contributed by atoms with van der Waals surface area (Å²) in [6.07, 6.45) is 22.3. The van der Waals surface area contributed by atoms with Gasteiger partial charge in [-0.05, 0) is 113 Å². The molecular formula is C41H66O6. The highest BCUT2D eigenvalue weighted by molar-refractivity contribution is 5.78. The molecule has 6 saturated carbocycles. The van der Waals surface area contributed by atoms with Crippen LogP contribution in [-0.4, -0.2) is 44.2 Å². The van der Waals surface area contributed by atoms with Crippen molar-refractivity contribution in [1.29, 1.82) is 0 Å². The molecule has 0 aromatic heterocycles. The Hall–Kier alpha value is -1.14. The summed E-state index contributed by atoms with van der Waals surface area (Å²) in [5, 5.41) is 0. The average Bonchev–Trinajstić information content (AvgIpc) is 3.08. The predicted octanol–water partition coefficient (Wildman–Crippen LogP) is 9.42. The van der Waals surface area contributed by atoms with Gasteiger partial charge in [0.25, 0.3) is 0 Å². The Morgan fingerprint density at radius 1 is 0.660 bits per heavy atom. The Balaban J connectivity index is 1.09. The van der Waals surface area contributed by atoms with Crippen molar-refractivity contribution in [1.82, 2.24) is 0 Å². The van der Waals surface area contributed by atoms with Gasteiger partial charge in [-0.1, -0.05) is 72.6 Å². The molecule has 1 heterocycles. The van der Waals surface area contributed by atoms with Gasteiger partial charge in [-0.3, -0.25) is 9.59 Å². The lowest BCUT2D eigenvalue weighted by atomic mass is 9.56. The maximum Gasteiger partial charge on any atom is 0.312 e. The molecular weight excluding hydrogens is 588 g/mol. The summed E-state index contributed by atoms with van der Waals surface area (Å²) in [6, 6.07) is 0. The van der Waals surface area contributed by atoms with Crippen LogP contribution in [0.15, 0.2) is 0 Å². The molecule has 1 saturated heterocycles. The topological polar surface area (TPSA) is 71.1 Å². The van der Waals surface area contributed by atoms with Gasteiger partial charge in [-0.15, -0.1) is 0 Å². The molecule has 0 radical (unpaired) electrons. The van der Waals surface area contributed by atoms with Crippen molar-refractivity contribution < 1.29 is 28.5 Å². The third-order valence-corrected chi connectivity index (χ3v) is 15.3. The van der Waals surface area contributed by atoms with Gasteiger partial charge in [-0.25, -0.2) is 0 Å². The molecule has 6 aliphatic carbocycles. The van der Waals surface area contributed by atoms with E-state index >= 15 is 0 Å². The van der Waals surface area contributed by atoms with E-state index in [1.807, 2.05) is 0 Å². The van der Waals surface area contributed by atoms with Crippen molar-refractivity contribution in [2.75, 3.05) is 26.4 Å². The molecule has 0 aromatic rings. The van der Waals surface area contributed by atoms with E-state index < -0.39 is 11.2 Å². The molecule has 6 heteroatoms. The highest BCUT2D eigenvalue weighted by atomic mass is 16.7. The lowest BCUT2D eigenvalue weighted by Crippen LogP contribution is -2.63. The number of esters is 2. The molecule has 9 atom stereocenters. The van der Waals surface area contributed by atoms with Crippen LogP contribution in [0.2, 0.25) is 0 Å². The first-order valence-corrected chi connectivity index (χ1v) is 20.2. The maximum absolute atomic E-state index is 14.1. The molecule has 6 nitrogen and oxygen atoms in total. The largest absolute Gasteiger partial charge is 0.464 e. The standard InChI is InChI=1S/C41H66O6/c1-5-29-17-31-11-8-15-39(19-29,21-31)35(42)44-25-38(26-45-36(43)40-16-9-12-32(22-40)18-30(6-2)20-40)27-46-41(47-28-38)33(7-3)23-37(4)14-10-13-34(41)24-37/h29-34H,5-28H2,1-4H3. The van der Waals surface area contributed by atoms with E-state index in [1.54, 1.807) is 0 Å². The van der Waals surface area contributed by atoms with Gasteiger partial charge in [0.1, 0.15) is 13.2 Å². The Morgan fingerprint density at radius 3 is 1.70 bits per heavy atom. The van der Waals surface area contributed by atoms with E-state index in [0.29, 0.717) is 54.1 Å². The Labute approximate surface area is 285 Å². The van der Waals surface area contributed by atoms with Gasteiger partial charge in [0.15, 0.2) is 5.79 Å². The number of carbonyl (C=O) groups excluding carboxylic acids is 2. The van der Waals surface area contributed by atoms with Crippen molar-refractivity contribution in [2.45, 2.75) is 162 Å². The first-order valence-electron chi connectivity index (χ1n) is 20.2. The van der Waals surface area contributed by atoms with Crippen LogP contribution in [0.1, 0.15) is 156 Å². The SMILES string of the molecule is CCC1CC2CCCC(C(=O)OCC3(COC(=O)C45CCCC(CC(CC)C4)C5)COC4(OC3)C(CC)CC3(C)CCCC4C3)(C1)C2. The molecule has 0 aromatic carbocycles. The van der Waals surface area contributed by atoms with Crippen molar-refractivity contribution in [3.05, 3.63) is 0 Å². The molecule has 1 spiro atoms. The maximum atomic E-state index is 14.1. The molecule has 6 bridgehead atoms. The number of carbonyl (C=O) groups is 2. The molecule has 7 rings (SSSR count).